The van der Waals surface area contributed by atoms with Gasteiger partial charge < -0.3 is 4.42 Å². The molecule has 1 fully saturated rings. The van der Waals surface area contributed by atoms with Crippen LogP contribution in [0.4, 0.5) is 0 Å². The molecule has 0 radical (unpaired) electrons. The van der Waals surface area contributed by atoms with Crippen molar-refractivity contribution in [1.82, 2.24) is 0 Å². The summed E-state index contributed by atoms with van der Waals surface area (Å²) in [6.45, 7) is 0. The van der Waals surface area contributed by atoms with E-state index in [0.29, 0.717) is 23.3 Å². The second-order valence-corrected chi connectivity index (χ2v) is 7.00. The van der Waals surface area contributed by atoms with Crippen molar-refractivity contribution in [3.8, 4) is 0 Å². The lowest BCUT2D eigenvalue weighted by Gasteiger charge is -2.20. The number of halogens is 1. The summed E-state index contributed by atoms with van der Waals surface area (Å²) >= 11 is 3.34. The van der Waals surface area contributed by atoms with Gasteiger partial charge in [-0.15, -0.1) is 0 Å². The summed E-state index contributed by atoms with van der Waals surface area (Å²) < 4.78 is 6.45. The number of benzene rings is 1. The summed E-state index contributed by atoms with van der Waals surface area (Å²) in [4.78, 5) is 24.4. The van der Waals surface area contributed by atoms with Gasteiger partial charge in [-0.2, -0.15) is 0 Å². The summed E-state index contributed by atoms with van der Waals surface area (Å²) in [6, 6.07) is 6.58. The predicted molar refractivity (Wildman–Crippen MR) is 90.3 cm³/mol. The normalized spacial score (nSPS) is 16.0. The molecule has 1 saturated carbocycles. The molecular formula is C18H19BrO3. The van der Waals surface area contributed by atoms with Crippen LogP contribution in [-0.4, -0.2) is 5.78 Å². The zero-order valence-corrected chi connectivity index (χ0v) is 14.0. The van der Waals surface area contributed by atoms with Crippen LogP contribution in [-0.2, 0) is 0 Å². The van der Waals surface area contributed by atoms with Gasteiger partial charge in [-0.3, -0.25) is 9.59 Å². The average Bonchev–Trinajstić information content (AvgIpc) is 2.54. The average molecular weight is 363 g/mol. The van der Waals surface area contributed by atoms with E-state index in [4.69, 9.17) is 4.42 Å². The van der Waals surface area contributed by atoms with E-state index in [1.54, 1.807) is 12.1 Å². The van der Waals surface area contributed by atoms with Crippen LogP contribution in [0.5, 0.6) is 0 Å². The Hall–Kier alpha value is -1.42. The third-order valence-electron chi connectivity index (χ3n) is 4.47. The maximum atomic E-state index is 12.3. The Labute approximate surface area is 137 Å². The van der Waals surface area contributed by atoms with E-state index in [1.807, 2.05) is 6.07 Å². The Kier molecular flexibility index (Phi) is 4.77. The molecule has 0 atom stereocenters. The van der Waals surface area contributed by atoms with Gasteiger partial charge in [0, 0.05) is 17.0 Å². The lowest BCUT2D eigenvalue weighted by molar-refractivity contribution is 0.0943. The fourth-order valence-corrected chi connectivity index (χ4v) is 3.56. The summed E-state index contributed by atoms with van der Waals surface area (Å²) in [5.74, 6) is 0.781. The van der Waals surface area contributed by atoms with Gasteiger partial charge in [0.05, 0.1) is 5.39 Å². The van der Waals surface area contributed by atoms with Gasteiger partial charge in [-0.05, 0) is 30.5 Å². The number of carbonyl (C=O) groups is 1. The lowest BCUT2D eigenvalue weighted by atomic mass is 9.85. The van der Waals surface area contributed by atoms with Crippen molar-refractivity contribution in [1.29, 1.82) is 0 Å². The monoisotopic (exact) mass is 362 g/mol. The zero-order chi connectivity index (χ0) is 15.5. The van der Waals surface area contributed by atoms with Gasteiger partial charge in [0.15, 0.2) is 17.0 Å². The summed E-state index contributed by atoms with van der Waals surface area (Å²) in [5, 5.41) is 0.498. The van der Waals surface area contributed by atoms with Crippen LogP contribution in [0.3, 0.4) is 0 Å². The van der Waals surface area contributed by atoms with Crippen LogP contribution < -0.4 is 5.43 Å². The van der Waals surface area contributed by atoms with Crippen LogP contribution >= 0.6 is 15.9 Å². The van der Waals surface area contributed by atoms with Gasteiger partial charge in [0.25, 0.3) is 0 Å². The van der Waals surface area contributed by atoms with Crippen molar-refractivity contribution in [2.24, 2.45) is 5.92 Å². The first-order chi connectivity index (χ1) is 10.6. The van der Waals surface area contributed by atoms with E-state index >= 15 is 0 Å². The quantitative estimate of drug-likeness (QED) is 0.710. The first-order valence-electron chi connectivity index (χ1n) is 7.90. The highest BCUT2D eigenvalue weighted by atomic mass is 79.9. The molecule has 1 heterocycles. The summed E-state index contributed by atoms with van der Waals surface area (Å²) in [5.41, 5.74) is 0.306. The van der Waals surface area contributed by atoms with Gasteiger partial charge in [0.1, 0.15) is 5.58 Å². The van der Waals surface area contributed by atoms with E-state index in [-0.39, 0.29) is 17.0 Å². The van der Waals surface area contributed by atoms with Gasteiger partial charge >= 0.3 is 0 Å². The summed E-state index contributed by atoms with van der Waals surface area (Å²) in [6.07, 6.45) is 7.69. The molecule has 0 amide bonds. The van der Waals surface area contributed by atoms with E-state index in [1.165, 1.54) is 38.2 Å². The first-order valence-corrected chi connectivity index (χ1v) is 8.69. The summed E-state index contributed by atoms with van der Waals surface area (Å²) in [7, 11) is 0. The third-order valence-corrected chi connectivity index (χ3v) is 4.96. The van der Waals surface area contributed by atoms with Crippen molar-refractivity contribution >= 4 is 32.7 Å². The minimum atomic E-state index is -0.163. The van der Waals surface area contributed by atoms with Crippen molar-refractivity contribution in [2.75, 3.05) is 0 Å². The second-order valence-electron chi connectivity index (χ2n) is 6.08. The number of Topliss-reactive ketones (excluding diaryl/α,β-unsaturated/α-hetero) is 1. The van der Waals surface area contributed by atoms with Crippen molar-refractivity contribution in [3.05, 3.63) is 44.7 Å². The van der Waals surface area contributed by atoms with Crippen molar-refractivity contribution < 1.29 is 9.21 Å². The molecule has 3 rings (SSSR count). The molecule has 116 valence electrons. The largest absolute Gasteiger partial charge is 0.453 e. The fraction of sp³-hybridized carbons (Fsp3) is 0.444. The minimum Gasteiger partial charge on any atom is -0.453 e. The molecule has 3 nitrogen and oxygen atoms in total. The topological polar surface area (TPSA) is 47.3 Å². The van der Waals surface area contributed by atoms with E-state index in [9.17, 15) is 9.59 Å². The third kappa shape index (κ3) is 3.49. The molecule has 1 aromatic carbocycles. The lowest BCUT2D eigenvalue weighted by Crippen LogP contribution is -2.11. The van der Waals surface area contributed by atoms with E-state index < -0.39 is 0 Å². The Morgan fingerprint density at radius 1 is 1.18 bits per heavy atom. The number of hydrogen-bond acceptors (Lipinski definition) is 3. The minimum absolute atomic E-state index is 0.0625. The van der Waals surface area contributed by atoms with E-state index in [2.05, 4.69) is 15.9 Å². The first kappa shape index (κ1) is 15.5. The van der Waals surface area contributed by atoms with Gasteiger partial charge in [0.2, 0.25) is 0 Å². The van der Waals surface area contributed by atoms with E-state index in [0.717, 1.165) is 10.9 Å². The van der Waals surface area contributed by atoms with Crippen LogP contribution in [0, 0.1) is 5.92 Å². The molecule has 4 heteroatoms. The highest BCUT2D eigenvalue weighted by Crippen LogP contribution is 2.28. The maximum absolute atomic E-state index is 12.3. The standard InChI is InChI=1S/C18H19BrO3/c19-13-7-9-17-14(10-13)16(21)11-18(22-17)15(20)8-6-12-4-2-1-3-5-12/h7,9-12H,1-6,8H2. The molecule has 0 aliphatic heterocycles. The Balaban J connectivity index is 1.76. The SMILES string of the molecule is O=C(CCC1CCCCC1)c1cc(=O)c2cc(Br)ccc2o1. The molecule has 0 saturated heterocycles. The predicted octanol–water partition coefficient (Wildman–Crippen LogP) is 5.10. The molecule has 0 spiro atoms. The molecule has 0 unspecified atom stereocenters. The Morgan fingerprint density at radius 2 is 1.95 bits per heavy atom. The maximum Gasteiger partial charge on any atom is 0.198 e. The highest BCUT2D eigenvalue weighted by molar-refractivity contribution is 9.10. The van der Waals surface area contributed by atoms with Crippen LogP contribution in [0.15, 0.2) is 37.9 Å². The Bertz CT molecular complexity index is 742. The molecule has 0 bridgehead atoms. The van der Waals surface area contributed by atoms with Crippen LogP contribution in [0.2, 0.25) is 0 Å². The molecule has 1 aliphatic rings. The van der Waals surface area contributed by atoms with Gasteiger partial charge in [-0.1, -0.05) is 48.0 Å². The Morgan fingerprint density at radius 3 is 2.73 bits per heavy atom. The van der Waals surface area contributed by atoms with Crippen LogP contribution in [0.1, 0.15) is 55.5 Å². The number of ketones is 1. The smallest absolute Gasteiger partial charge is 0.198 e. The molecule has 1 aliphatic carbocycles. The molecule has 2 aromatic rings. The molecular weight excluding hydrogens is 344 g/mol. The van der Waals surface area contributed by atoms with Gasteiger partial charge in [-0.25, -0.2) is 0 Å². The number of fused-ring (bicyclic) bond motifs is 1. The number of hydrogen-bond donors (Lipinski definition) is 0. The zero-order valence-electron chi connectivity index (χ0n) is 12.4. The molecule has 0 N–H and O–H groups in total. The fourth-order valence-electron chi connectivity index (χ4n) is 3.20. The molecule has 1 aromatic heterocycles. The van der Waals surface area contributed by atoms with Crippen molar-refractivity contribution in [2.45, 2.75) is 44.9 Å². The van der Waals surface area contributed by atoms with Crippen LogP contribution in [0.25, 0.3) is 11.0 Å². The van der Waals surface area contributed by atoms with Crippen molar-refractivity contribution in [3.63, 3.8) is 0 Å². The highest BCUT2D eigenvalue weighted by Gasteiger charge is 2.17. The second kappa shape index (κ2) is 6.78. The number of carbonyl (C=O) groups excluding carboxylic acids is 1. The number of rotatable bonds is 4. The molecule has 22 heavy (non-hydrogen) atoms.